The van der Waals surface area contributed by atoms with Crippen LogP contribution in [-0.2, 0) is 0 Å². The molecule has 3 nitrogen and oxygen atoms in total. The largest absolute Gasteiger partial charge is 0.491 e. The van der Waals surface area contributed by atoms with E-state index in [2.05, 4.69) is 34.7 Å². The zero-order chi connectivity index (χ0) is 13.7. The van der Waals surface area contributed by atoms with Gasteiger partial charge in [-0.3, -0.25) is 0 Å². The Bertz CT molecular complexity index is 497. The second-order valence-electron chi connectivity index (χ2n) is 4.64. The maximum atomic E-state index is 5.75. The van der Waals surface area contributed by atoms with Crippen LogP contribution in [0.15, 0.2) is 35.2 Å². The van der Waals surface area contributed by atoms with Crippen LogP contribution < -0.4 is 10.1 Å². The highest BCUT2D eigenvalue weighted by atomic mass is 32.1. The molecule has 1 aromatic heterocycles. The molecule has 4 heteroatoms. The predicted octanol–water partition coefficient (Wildman–Crippen LogP) is 3.63. The summed E-state index contributed by atoms with van der Waals surface area (Å²) in [4.78, 5) is 4.42. The first-order chi connectivity index (χ1) is 9.20. The normalized spacial score (nSPS) is 12.6. The smallest absolute Gasteiger partial charge is 0.120 e. The van der Waals surface area contributed by atoms with E-state index in [0.717, 1.165) is 18.0 Å². The Balaban J connectivity index is 2.26. The zero-order valence-electron chi connectivity index (χ0n) is 11.6. The van der Waals surface area contributed by atoms with E-state index < -0.39 is 0 Å². The van der Waals surface area contributed by atoms with Crippen molar-refractivity contribution >= 4 is 11.3 Å². The highest BCUT2D eigenvalue weighted by Gasteiger charge is 2.15. The molecule has 0 saturated carbocycles. The summed E-state index contributed by atoms with van der Waals surface area (Å²) < 4.78 is 5.75. The van der Waals surface area contributed by atoms with Gasteiger partial charge >= 0.3 is 0 Å². The molecule has 0 aliphatic carbocycles. The maximum Gasteiger partial charge on any atom is 0.120 e. The topological polar surface area (TPSA) is 34.1 Å². The van der Waals surface area contributed by atoms with Gasteiger partial charge in [-0.25, -0.2) is 4.98 Å². The lowest BCUT2D eigenvalue weighted by Crippen LogP contribution is -2.22. The molecule has 0 amide bonds. The minimum atomic E-state index is 0.131. The lowest BCUT2D eigenvalue weighted by molar-refractivity contribution is 0.242. The molecule has 2 rings (SSSR count). The summed E-state index contributed by atoms with van der Waals surface area (Å²) in [6.45, 7) is 7.08. The first kappa shape index (κ1) is 14.0. The number of nitrogens with one attached hydrogen (secondary N) is 1. The average molecular weight is 276 g/mol. The molecule has 19 heavy (non-hydrogen) atoms. The van der Waals surface area contributed by atoms with Crippen LogP contribution in [0.4, 0.5) is 0 Å². The van der Waals surface area contributed by atoms with E-state index in [0.29, 0.717) is 0 Å². The Kier molecular flexibility index (Phi) is 4.93. The van der Waals surface area contributed by atoms with Crippen molar-refractivity contribution in [2.75, 3.05) is 6.54 Å². The molecule has 1 unspecified atom stereocenters. The molecule has 1 aromatic carbocycles. The van der Waals surface area contributed by atoms with Crippen molar-refractivity contribution in [1.29, 1.82) is 0 Å². The van der Waals surface area contributed by atoms with Gasteiger partial charge in [0.15, 0.2) is 0 Å². The van der Waals surface area contributed by atoms with Crippen LogP contribution in [0.1, 0.15) is 38.1 Å². The van der Waals surface area contributed by atoms with Crippen LogP contribution in [0.3, 0.4) is 0 Å². The van der Waals surface area contributed by atoms with Crippen LogP contribution in [0.5, 0.6) is 5.75 Å². The third-order valence-electron chi connectivity index (χ3n) is 2.72. The molecule has 0 saturated heterocycles. The number of aromatic nitrogens is 1. The van der Waals surface area contributed by atoms with Gasteiger partial charge in [-0.15, -0.1) is 11.3 Å². The third-order valence-corrected chi connectivity index (χ3v) is 3.32. The number of thiazole rings is 1. The number of hydrogen-bond donors (Lipinski definition) is 1. The fourth-order valence-corrected chi connectivity index (χ4v) is 2.58. The lowest BCUT2D eigenvalue weighted by atomic mass is 10.0. The van der Waals surface area contributed by atoms with Crippen molar-refractivity contribution < 1.29 is 4.74 Å². The van der Waals surface area contributed by atoms with Crippen molar-refractivity contribution in [3.63, 3.8) is 0 Å². The number of benzene rings is 1. The Morgan fingerprint density at radius 1 is 1.37 bits per heavy atom. The summed E-state index contributed by atoms with van der Waals surface area (Å²) in [6, 6.07) is 8.36. The summed E-state index contributed by atoms with van der Waals surface area (Å²) in [5, 5.41) is 5.56. The van der Waals surface area contributed by atoms with Gasteiger partial charge in [-0.2, -0.15) is 0 Å². The van der Waals surface area contributed by atoms with Crippen molar-refractivity contribution in [2.45, 2.75) is 32.9 Å². The minimum Gasteiger partial charge on any atom is -0.491 e. The van der Waals surface area contributed by atoms with E-state index in [-0.39, 0.29) is 12.1 Å². The molecule has 0 aliphatic heterocycles. The summed E-state index contributed by atoms with van der Waals surface area (Å²) in [5.74, 6) is 0.908. The first-order valence-electron chi connectivity index (χ1n) is 6.58. The number of ether oxygens (including phenoxy) is 1. The van der Waals surface area contributed by atoms with Crippen LogP contribution >= 0.6 is 11.3 Å². The standard InChI is InChI=1S/C15H20N2OS/c1-4-16-15(14-9-19-10-17-14)12-6-5-7-13(8-12)18-11(2)3/h5-11,15-16H,4H2,1-3H3. The molecule has 0 bridgehead atoms. The van der Waals surface area contributed by atoms with Crippen molar-refractivity contribution in [3.05, 3.63) is 46.4 Å². The van der Waals surface area contributed by atoms with Gasteiger partial charge in [0.05, 0.1) is 23.4 Å². The van der Waals surface area contributed by atoms with E-state index in [9.17, 15) is 0 Å². The summed E-state index contributed by atoms with van der Waals surface area (Å²) in [7, 11) is 0. The van der Waals surface area contributed by atoms with Crippen LogP contribution in [0, 0.1) is 0 Å². The molecule has 0 fully saturated rings. The quantitative estimate of drug-likeness (QED) is 0.875. The van der Waals surface area contributed by atoms with Crippen LogP contribution in [-0.4, -0.2) is 17.6 Å². The Morgan fingerprint density at radius 2 is 2.21 bits per heavy atom. The van der Waals surface area contributed by atoms with Gasteiger partial charge in [0.2, 0.25) is 0 Å². The van der Waals surface area contributed by atoms with Gasteiger partial charge in [-0.1, -0.05) is 19.1 Å². The second-order valence-corrected chi connectivity index (χ2v) is 5.36. The summed E-state index contributed by atoms with van der Waals surface area (Å²) in [5.41, 5.74) is 4.12. The SMILES string of the molecule is CCNC(c1cccc(OC(C)C)c1)c1cscn1. The molecule has 2 aromatic rings. The molecule has 1 N–H and O–H groups in total. The van der Waals surface area contributed by atoms with Gasteiger partial charge in [0, 0.05) is 5.38 Å². The molecule has 0 aliphatic rings. The van der Waals surface area contributed by atoms with Gasteiger partial charge in [0.1, 0.15) is 5.75 Å². The molecule has 1 heterocycles. The predicted molar refractivity (Wildman–Crippen MR) is 79.8 cm³/mol. The molecule has 0 radical (unpaired) electrons. The Labute approximate surface area is 118 Å². The van der Waals surface area contributed by atoms with Crippen LogP contribution in [0.25, 0.3) is 0 Å². The number of hydrogen-bond acceptors (Lipinski definition) is 4. The van der Waals surface area contributed by atoms with E-state index in [1.54, 1.807) is 11.3 Å². The molecule has 102 valence electrons. The number of rotatable bonds is 6. The van der Waals surface area contributed by atoms with E-state index in [4.69, 9.17) is 4.74 Å². The zero-order valence-corrected chi connectivity index (χ0v) is 12.4. The lowest BCUT2D eigenvalue weighted by Gasteiger charge is -2.18. The number of nitrogens with zero attached hydrogens (tertiary/aromatic N) is 1. The van der Waals surface area contributed by atoms with E-state index >= 15 is 0 Å². The highest BCUT2D eigenvalue weighted by Crippen LogP contribution is 2.25. The van der Waals surface area contributed by atoms with Crippen molar-refractivity contribution in [1.82, 2.24) is 10.3 Å². The molecular formula is C15H20N2OS. The first-order valence-corrected chi connectivity index (χ1v) is 7.53. The average Bonchev–Trinajstić information content (AvgIpc) is 2.89. The Morgan fingerprint density at radius 3 is 2.84 bits per heavy atom. The van der Waals surface area contributed by atoms with E-state index in [1.165, 1.54) is 5.56 Å². The summed E-state index contributed by atoms with van der Waals surface area (Å²) in [6.07, 6.45) is 0.187. The van der Waals surface area contributed by atoms with Crippen molar-refractivity contribution in [3.8, 4) is 5.75 Å². The monoisotopic (exact) mass is 276 g/mol. The minimum absolute atomic E-state index is 0.131. The third kappa shape index (κ3) is 3.78. The summed E-state index contributed by atoms with van der Waals surface area (Å²) >= 11 is 1.62. The maximum absolute atomic E-state index is 5.75. The van der Waals surface area contributed by atoms with Crippen LogP contribution in [0.2, 0.25) is 0 Å². The van der Waals surface area contributed by atoms with E-state index in [1.807, 2.05) is 31.5 Å². The van der Waals surface area contributed by atoms with Gasteiger partial charge in [-0.05, 0) is 38.1 Å². The van der Waals surface area contributed by atoms with Gasteiger partial charge in [0.25, 0.3) is 0 Å². The molecule has 0 spiro atoms. The second kappa shape index (κ2) is 6.68. The highest BCUT2D eigenvalue weighted by molar-refractivity contribution is 7.07. The Hall–Kier alpha value is -1.39. The van der Waals surface area contributed by atoms with Gasteiger partial charge < -0.3 is 10.1 Å². The fourth-order valence-electron chi connectivity index (χ4n) is 2.00. The fraction of sp³-hybridized carbons (Fsp3) is 0.400. The molecular weight excluding hydrogens is 256 g/mol. The van der Waals surface area contributed by atoms with Crippen molar-refractivity contribution in [2.24, 2.45) is 0 Å². The molecule has 1 atom stereocenters.